The van der Waals surface area contributed by atoms with Crippen LogP contribution in [0.1, 0.15) is 26.0 Å². The zero-order valence-corrected chi connectivity index (χ0v) is 30.5. The monoisotopic (exact) mass is 704 g/mol. The van der Waals surface area contributed by atoms with Gasteiger partial charge in [-0.1, -0.05) is 13.3 Å². The number of benzene rings is 1. The molecule has 0 aliphatic carbocycles. The van der Waals surface area contributed by atoms with Gasteiger partial charge in [0.1, 0.15) is 17.1 Å². The van der Waals surface area contributed by atoms with E-state index in [0.29, 0.717) is 61.6 Å². The van der Waals surface area contributed by atoms with Crippen LogP contribution in [0.4, 0.5) is 0 Å². The van der Waals surface area contributed by atoms with E-state index in [9.17, 15) is 13.2 Å². The van der Waals surface area contributed by atoms with Crippen molar-refractivity contribution in [3.05, 3.63) is 34.2 Å². The average Bonchev–Trinajstić information content (AvgIpc) is 3.14. The van der Waals surface area contributed by atoms with Crippen LogP contribution in [0.5, 0.6) is 5.75 Å². The maximum Gasteiger partial charge on any atom is 1.00 e. The molecule has 3 heterocycles. The van der Waals surface area contributed by atoms with Gasteiger partial charge in [-0.05, 0) is 38.6 Å². The van der Waals surface area contributed by atoms with Gasteiger partial charge in [-0.25, -0.2) is 21.8 Å². The van der Waals surface area contributed by atoms with Gasteiger partial charge >= 0.3 is 68.9 Å². The molecule has 1 aromatic carbocycles. The number of piperazine rings is 1. The molecule has 0 atom stereocenters. The van der Waals surface area contributed by atoms with Gasteiger partial charge in [0.15, 0.2) is 5.52 Å². The van der Waals surface area contributed by atoms with Crippen LogP contribution in [0.3, 0.4) is 0 Å². The maximum atomic E-state index is 13.3. The Bertz CT molecular complexity index is 1560. The molecule has 39 heavy (non-hydrogen) atoms. The first-order chi connectivity index (χ1) is 17.8. The number of hydrogen-bond donors (Lipinski definition) is 2. The summed E-state index contributed by atoms with van der Waals surface area (Å²) >= 11 is 0. The van der Waals surface area contributed by atoms with Crippen LogP contribution in [0.2, 0.25) is 0 Å². The predicted octanol–water partition coefficient (Wildman–Crippen LogP) is -2.38. The number of ether oxygens (including phenoxy) is 1. The zero-order chi connectivity index (χ0) is 28.3. The normalized spacial score (nSPS) is 14.9. The summed E-state index contributed by atoms with van der Waals surface area (Å²) in [6, 6.07) is 4.71. The zero-order valence-electron chi connectivity index (χ0n) is 22.5. The summed E-state index contributed by atoms with van der Waals surface area (Å²) in [6.07, 6.45) is 1.54. The number of hydrogen-bond acceptors (Lipinski definition) is 10. The van der Waals surface area contributed by atoms with Crippen molar-refractivity contribution in [2.75, 3.05) is 39.8 Å². The van der Waals surface area contributed by atoms with Gasteiger partial charge in [-0.3, -0.25) is 14.0 Å². The minimum absolute atomic E-state index is 0. The van der Waals surface area contributed by atoms with Crippen molar-refractivity contribution >= 4 is 31.5 Å². The molecule has 0 radical (unpaired) electrons. The van der Waals surface area contributed by atoms with E-state index in [1.807, 2.05) is 20.9 Å². The molecule has 14 nitrogen and oxygen atoms in total. The van der Waals surface area contributed by atoms with Crippen LogP contribution in [0, 0.1) is 0 Å². The number of aryl methyl sites for hydroxylation is 2. The largest absolute Gasteiger partial charge is 1.00 e. The second-order valence-electron chi connectivity index (χ2n) is 8.66. The number of aromatic nitrogens is 4. The Morgan fingerprint density at radius 2 is 1.72 bits per heavy atom. The first-order valence-corrected chi connectivity index (χ1v) is 14.7. The molecule has 1 aliphatic heterocycles. The molecule has 1 aliphatic rings. The van der Waals surface area contributed by atoms with E-state index in [2.05, 4.69) is 15.0 Å². The molecule has 0 spiro atoms. The fourth-order valence-corrected chi connectivity index (χ4v) is 5.54. The van der Waals surface area contributed by atoms with Crippen molar-refractivity contribution in [2.45, 2.75) is 31.6 Å². The summed E-state index contributed by atoms with van der Waals surface area (Å²) in [6.45, 7) is 6.48. The second kappa shape index (κ2) is 14.4. The van der Waals surface area contributed by atoms with Crippen molar-refractivity contribution in [3.8, 4) is 17.1 Å². The maximum absolute atomic E-state index is 13.3. The SMILES string of the molecule is CCCc1nn(C)c2c(=O)[nH]c(-c3cc(S(=O)(=O)N4CCN(C)CC4)ccc3OCC)nc12.O=S(=O)([O-])O.[Cs+]. The van der Waals surface area contributed by atoms with Crippen LogP contribution in [0.15, 0.2) is 27.9 Å². The number of rotatable bonds is 7. The van der Waals surface area contributed by atoms with E-state index in [0.717, 1.165) is 12.1 Å². The van der Waals surface area contributed by atoms with E-state index in [-0.39, 0.29) is 85.2 Å². The van der Waals surface area contributed by atoms with Gasteiger partial charge in [0.25, 0.3) is 5.56 Å². The summed E-state index contributed by atoms with van der Waals surface area (Å²) in [7, 11) is -4.92. The summed E-state index contributed by atoms with van der Waals surface area (Å²) in [4.78, 5) is 22.7. The minimum Gasteiger partial charge on any atom is -0.726 e. The summed E-state index contributed by atoms with van der Waals surface area (Å²) in [5, 5.41) is 4.45. The summed E-state index contributed by atoms with van der Waals surface area (Å²) in [5.74, 6) is 0.718. The van der Waals surface area contributed by atoms with Gasteiger partial charge < -0.3 is 19.2 Å². The fourth-order valence-electron chi connectivity index (χ4n) is 4.09. The summed E-state index contributed by atoms with van der Waals surface area (Å²) < 4.78 is 68.3. The predicted molar refractivity (Wildman–Crippen MR) is 138 cm³/mol. The first-order valence-electron chi connectivity index (χ1n) is 11.9. The average molecular weight is 705 g/mol. The standard InChI is InChI=1S/C22H30N6O4S.Cs.H2O4S/c1-5-7-17-19-20(27(4)25-17)22(29)24-21(23-19)16-14-15(8-9-18(16)32-6-2)33(30,31)28-12-10-26(3)11-13-28;;1-5(2,3)4/h8-9,14H,5-7,10-13H2,1-4H3,(H,23,24,29);;(H2,1,2,3,4)/q;+1;/p-1. The van der Waals surface area contributed by atoms with Crippen LogP contribution < -0.4 is 79.2 Å². The molecule has 0 amide bonds. The van der Waals surface area contributed by atoms with Crippen LogP contribution in [0.25, 0.3) is 22.4 Å². The number of aromatic amines is 1. The molecule has 0 saturated carbocycles. The Morgan fingerprint density at radius 3 is 2.28 bits per heavy atom. The van der Waals surface area contributed by atoms with E-state index in [1.165, 1.54) is 8.99 Å². The Kier molecular flexibility index (Phi) is 12.7. The number of sulfonamides is 1. The number of H-pyrrole nitrogens is 1. The van der Waals surface area contributed by atoms with E-state index in [4.69, 9.17) is 27.2 Å². The Morgan fingerprint density at radius 1 is 1.10 bits per heavy atom. The molecule has 17 heteroatoms. The van der Waals surface area contributed by atoms with Gasteiger partial charge in [-0.2, -0.15) is 9.40 Å². The smallest absolute Gasteiger partial charge is 0.726 e. The van der Waals surface area contributed by atoms with Gasteiger partial charge in [0, 0.05) is 33.2 Å². The third-order valence-corrected chi connectivity index (χ3v) is 7.75. The van der Waals surface area contributed by atoms with E-state index >= 15 is 0 Å². The number of nitrogens with one attached hydrogen (secondary N) is 1. The molecule has 0 unspecified atom stereocenters. The summed E-state index contributed by atoms with van der Waals surface area (Å²) in [5.41, 5.74) is 1.75. The van der Waals surface area contributed by atoms with E-state index < -0.39 is 20.4 Å². The third-order valence-electron chi connectivity index (χ3n) is 5.86. The quantitative estimate of drug-likeness (QED) is 0.197. The Labute approximate surface area is 286 Å². The molecule has 4 rings (SSSR count). The van der Waals surface area contributed by atoms with Gasteiger partial charge in [0.2, 0.25) is 20.4 Å². The topological polar surface area (TPSA) is 191 Å². The van der Waals surface area contributed by atoms with Crippen LogP contribution in [-0.4, -0.2) is 94.7 Å². The van der Waals surface area contributed by atoms with Crippen molar-refractivity contribution in [3.63, 3.8) is 0 Å². The second-order valence-corrected chi connectivity index (χ2v) is 11.5. The molecule has 2 aromatic heterocycles. The third kappa shape index (κ3) is 8.82. The Hall–Kier alpha value is -0.838. The minimum atomic E-state index is -4.92. The first kappa shape index (κ1) is 34.4. The van der Waals surface area contributed by atoms with Crippen LogP contribution in [-0.2, 0) is 33.9 Å². The molecule has 0 bridgehead atoms. The number of nitrogens with zero attached hydrogens (tertiary/aromatic N) is 5. The van der Waals surface area contributed by atoms with Gasteiger partial charge in [0.05, 0.1) is 22.8 Å². The Balaban J connectivity index is 0.000000816. The molecular weight excluding hydrogens is 673 g/mol. The van der Waals surface area contributed by atoms with Gasteiger partial charge in [-0.15, -0.1) is 0 Å². The molecule has 1 fully saturated rings. The van der Waals surface area contributed by atoms with Crippen molar-refractivity contribution in [1.29, 1.82) is 0 Å². The number of likely N-dealkylation sites (N-methyl/N-ethyl adjacent to an activating group) is 1. The molecule has 3 aromatic rings. The molecule has 210 valence electrons. The molecular formula is C22H31CsN6O8S2. The van der Waals surface area contributed by atoms with E-state index in [1.54, 1.807) is 25.2 Å². The molecule has 1 saturated heterocycles. The molecule has 2 N–H and O–H groups in total. The van der Waals surface area contributed by atoms with Crippen LogP contribution >= 0.6 is 0 Å². The fraction of sp³-hybridized carbons (Fsp3) is 0.500. The van der Waals surface area contributed by atoms with Crippen molar-refractivity contribution in [2.24, 2.45) is 7.05 Å². The van der Waals surface area contributed by atoms with Crippen molar-refractivity contribution in [1.82, 2.24) is 29.0 Å². The number of fused-ring (bicyclic) bond motifs is 1. The van der Waals surface area contributed by atoms with Crippen molar-refractivity contribution < 1.29 is 99.6 Å².